The molecule has 1 N–H and O–H groups in total. The molecule has 0 aromatic carbocycles. The van der Waals surface area contributed by atoms with Crippen LogP contribution in [0.15, 0.2) is 31.0 Å². The Balaban J connectivity index is 1.32. The highest BCUT2D eigenvalue weighted by Gasteiger charge is 2.31. The van der Waals surface area contributed by atoms with E-state index in [1.807, 2.05) is 25.5 Å². The van der Waals surface area contributed by atoms with Crippen LogP contribution in [-0.4, -0.2) is 47.4 Å². The van der Waals surface area contributed by atoms with Crippen molar-refractivity contribution in [3.63, 3.8) is 0 Å². The molecule has 1 saturated carbocycles. The molecule has 4 rings (SSSR count). The van der Waals surface area contributed by atoms with Crippen molar-refractivity contribution in [3.8, 4) is 10.7 Å². The Morgan fingerprint density at radius 3 is 2.59 bits per heavy atom. The first kappa shape index (κ1) is 22.0. The normalized spacial score (nSPS) is 18.8. The summed E-state index contributed by atoms with van der Waals surface area (Å²) in [5.41, 5.74) is 0.685. The molecule has 0 saturated heterocycles. The quantitative estimate of drug-likeness (QED) is 0.579. The Labute approximate surface area is 189 Å². The monoisotopic (exact) mass is 455 g/mol. The second-order valence-electron chi connectivity index (χ2n) is 8.71. The second kappa shape index (κ2) is 9.11. The molecule has 168 valence electrons. The molecule has 11 heteroatoms. The number of rotatable bonds is 5. The fraction of sp³-hybridized carbons (Fsp3) is 0.476. The van der Waals surface area contributed by atoms with Gasteiger partial charge in [0.2, 0.25) is 5.01 Å². The molecular weight excluding hydrogens is 430 g/mol. The number of hydrogen-bond donors (Lipinski definition) is 1. The molecule has 0 atom stereocenters. The van der Waals surface area contributed by atoms with Gasteiger partial charge in [-0.05, 0) is 46.5 Å². The zero-order chi connectivity index (χ0) is 22.7. The Bertz CT molecular complexity index is 1080. The van der Waals surface area contributed by atoms with Gasteiger partial charge in [-0.2, -0.15) is 5.10 Å². The summed E-state index contributed by atoms with van der Waals surface area (Å²) in [6.45, 7) is 5.65. The van der Waals surface area contributed by atoms with Gasteiger partial charge in [-0.3, -0.25) is 24.2 Å². The van der Waals surface area contributed by atoms with Gasteiger partial charge in [0.1, 0.15) is 11.3 Å². The van der Waals surface area contributed by atoms with Crippen LogP contribution < -0.4 is 5.32 Å². The molecular formula is C21H25N7O3S. The summed E-state index contributed by atoms with van der Waals surface area (Å²) in [6, 6.07) is 0.184. The molecule has 10 nitrogen and oxygen atoms in total. The Hall–Kier alpha value is -3.21. The summed E-state index contributed by atoms with van der Waals surface area (Å²) in [7, 11) is 0. The molecule has 1 aliphatic rings. The van der Waals surface area contributed by atoms with E-state index < -0.39 is 5.60 Å². The van der Waals surface area contributed by atoms with Gasteiger partial charge in [-0.15, -0.1) is 10.2 Å². The zero-order valence-electron chi connectivity index (χ0n) is 18.2. The summed E-state index contributed by atoms with van der Waals surface area (Å²) in [5.74, 6) is -0.547. The van der Waals surface area contributed by atoms with Crippen molar-refractivity contribution in [1.29, 1.82) is 0 Å². The van der Waals surface area contributed by atoms with E-state index in [9.17, 15) is 9.59 Å². The minimum absolute atomic E-state index is 0.0684. The van der Waals surface area contributed by atoms with Crippen LogP contribution in [0, 0.1) is 5.92 Å². The van der Waals surface area contributed by atoms with Gasteiger partial charge >= 0.3 is 5.97 Å². The lowest BCUT2D eigenvalue weighted by atomic mass is 9.86. The summed E-state index contributed by atoms with van der Waals surface area (Å²) in [5, 5.41) is 15.9. The summed E-state index contributed by atoms with van der Waals surface area (Å²) < 4.78 is 7.36. The Morgan fingerprint density at radius 2 is 1.91 bits per heavy atom. The van der Waals surface area contributed by atoms with Gasteiger partial charge < -0.3 is 10.1 Å². The minimum Gasteiger partial charge on any atom is -0.460 e. The van der Waals surface area contributed by atoms with E-state index in [0.29, 0.717) is 16.4 Å². The molecule has 0 radical (unpaired) electrons. The van der Waals surface area contributed by atoms with Crippen LogP contribution >= 0.6 is 11.3 Å². The van der Waals surface area contributed by atoms with E-state index in [0.717, 1.165) is 37.0 Å². The molecule has 1 amide bonds. The number of hydrogen-bond acceptors (Lipinski definition) is 9. The van der Waals surface area contributed by atoms with Crippen molar-refractivity contribution in [2.75, 3.05) is 5.32 Å². The zero-order valence-corrected chi connectivity index (χ0v) is 19.0. The number of carbonyl (C=O) groups excluding carboxylic acids is 2. The second-order valence-corrected chi connectivity index (χ2v) is 9.68. The molecule has 3 aromatic heterocycles. The van der Waals surface area contributed by atoms with Crippen molar-refractivity contribution in [1.82, 2.24) is 29.9 Å². The Morgan fingerprint density at radius 1 is 1.12 bits per heavy atom. The van der Waals surface area contributed by atoms with Gasteiger partial charge in [-0.1, -0.05) is 11.3 Å². The molecule has 0 spiro atoms. The molecule has 1 aliphatic carbocycles. The maximum atomic E-state index is 12.5. The van der Waals surface area contributed by atoms with Crippen LogP contribution in [0.2, 0.25) is 0 Å². The average molecular weight is 456 g/mol. The summed E-state index contributed by atoms with van der Waals surface area (Å²) >= 11 is 1.15. The van der Waals surface area contributed by atoms with Crippen LogP contribution in [0.3, 0.4) is 0 Å². The standard InChI is InChI=1S/C21H25N7O3S/c1-21(2,3)31-20(30)13-4-6-15(7-5-13)28-12-14(10-24-28)25-17(29)19-27-26-18(32-19)16-11-22-8-9-23-16/h8-13,15H,4-7H2,1-3H3,(H,25,29). The lowest BCUT2D eigenvalue weighted by Gasteiger charge is -2.29. The predicted octanol–water partition coefficient (Wildman–Crippen LogP) is 3.52. The highest BCUT2D eigenvalue weighted by atomic mass is 32.1. The topological polar surface area (TPSA) is 125 Å². The number of esters is 1. The fourth-order valence-electron chi connectivity index (χ4n) is 3.58. The van der Waals surface area contributed by atoms with Crippen LogP contribution in [0.5, 0.6) is 0 Å². The van der Waals surface area contributed by atoms with Crippen LogP contribution in [-0.2, 0) is 9.53 Å². The third kappa shape index (κ3) is 5.34. The van der Waals surface area contributed by atoms with E-state index in [-0.39, 0.29) is 28.8 Å². The van der Waals surface area contributed by atoms with Gasteiger partial charge in [0, 0.05) is 18.6 Å². The average Bonchev–Trinajstić information content (AvgIpc) is 3.43. The molecule has 0 aliphatic heterocycles. The maximum Gasteiger partial charge on any atom is 0.309 e. The summed E-state index contributed by atoms with van der Waals surface area (Å²) in [6.07, 6.45) is 11.3. The molecule has 1 fully saturated rings. The van der Waals surface area contributed by atoms with Gasteiger partial charge in [0.05, 0.1) is 30.0 Å². The number of nitrogens with zero attached hydrogens (tertiary/aromatic N) is 6. The van der Waals surface area contributed by atoms with Crippen LogP contribution in [0.1, 0.15) is 62.3 Å². The number of amides is 1. The highest BCUT2D eigenvalue weighted by molar-refractivity contribution is 7.16. The molecule has 3 aromatic rings. The first-order valence-electron chi connectivity index (χ1n) is 10.5. The van der Waals surface area contributed by atoms with Gasteiger partial charge in [0.25, 0.3) is 5.91 Å². The number of anilines is 1. The third-order valence-corrected chi connectivity index (χ3v) is 6.02. The van der Waals surface area contributed by atoms with E-state index in [4.69, 9.17) is 4.74 Å². The first-order valence-corrected chi connectivity index (χ1v) is 11.3. The number of aromatic nitrogens is 6. The largest absolute Gasteiger partial charge is 0.460 e. The van der Waals surface area contributed by atoms with E-state index in [1.165, 1.54) is 0 Å². The van der Waals surface area contributed by atoms with Crippen molar-refractivity contribution in [2.45, 2.75) is 58.1 Å². The fourth-order valence-corrected chi connectivity index (χ4v) is 4.28. The van der Waals surface area contributed by atoms with Crippen molar-refractivity contribution in [2.24, 2.45) is 5.92 Å². The van der Waals surface area contributed by atoms with E-state index in [1.54, 1.807) is 31.0 Å². The van der Waals surface area contributed by atoms with Crippen molar-refractivity contribution in [3.05, 3.63) is 36.0 Å². The lowest BCUT2D eigenvalue weighted by molar-refractivity contribution is -0.161. The van der Waals surface area contributed by atoms with Gasteiger partial charge in [-0.25, -0.2) is 0 Å². The number of nitrogens with one attached hydrogen (secondary N) is 1. The third-order valence-electron chi connectivity index (χ3n) is 5.07. The molecule has 0 bridgehead atoms. The van der Waals surface area contributed by atoms with Crippen LogP contribution in [0.4, 0.5) is 5.69 Å². The van der Waals surface area contributed by atoms with Crippen LogP contribution in [0.25, 0.3) is 10.7 Å². The van der Waals surface area contributed by atoms with E-state index >= 15 is 0 Å². The SMILES string of the molecule is CC(C)(C)OC(=O)C1CCC(n2cc(NC(=O)c3nnc(-c4cnccn4)s3)cn2)CC1. The van der Waals surface area contributed by atoms with Gasteiger partial charge in [0.15, 0.2) is 5.01 Å². The molecule has 0 unspecified atom stereocenters. The molecule has 32 heavy (non-hydrogen) atoms. The molecule has 3 heterocycles. The maximum absolute atomic E-state index is 12.5. The summed E-state index contributed by atoms with van der Waals surface area (Å²) in [4.78, 5) is 33.0. The highest BCUT2D eigenvalue weighted by Crippen LogP contribution is 2.33. The number of carbonyl (C=O) groups is 2. The first-order chi connectivity index (χ1) is 15.3. The number of ether oxygens (including phenoxy) is 1. The Kier molecular flexibility index (Phi) is 6.26. The lowest BCUT2D eigenvalue weighted by Crippen LogP contribution is -2.31. The van der Waals surface area contributed by atoms with Crippen molar-refractivity contribution >= 4 is 28.9 Å². The minimum atomic E-state index is -0.467. The van der Waals surface area contributed by atoms with Crippen molar-refractivity contribution < 1.29 is 14.3 Å². The smallest absolute Gasteiger partial charge is 0.309 e. The van der Waals surface area contributed by atoms with E-state index in [2.05, 4.69) is 30.6 Å². The predicted molar refractivity (Wildman–Crippen MR) is 118 cm³/mol.